The Kier molecular flexibility index (Phi) is 3.34. The highest BCUT2D eigenvalue weighted by molar-refractivity contribution is 7.91. The summed E-state index contributed by atoms with van der Waals surface area (Å²) in [5, 5.41) is 10.2. The molecule has 94 valence electrons. The summed E-state index contributed by atoms with van der Waals surface area (Å²) in [6.07, 6.45) is -1.66. The van der Waals surface area contributed by atoms with E-state index in [1.807, 2.05) is 6.92 Å². The Morgan fingerprint density at radius 3 is 2.65 bits per heavy atom. The zero-order chi connectivity index (χ0) is 12.6. The molecule has 0 spiro atoms. The third kappa shape index (κ3) is 2.91. The van der Waals surface area contributed by atoms with Gasteiger partial charge in [-0.2, -0.15) is 0 Å². The minimum Gasteiger partial charge on any atom is -0.487 e. The van der Waals surface area contributed by atoms with Crippen molar-refractivity contribution in [1.82, 2.24) is 0 Å². The van der Waals surface area contributed by atoms with Crippen LogP contribution < -0.4 is 4.74 Å². The molecular formula is C11H13ClO4S. The van der Waals surface area contributed by atoms with Crippen LogP contribution in [-0.2, 0) is 9.84 Å². The van der Waals surface area contributed by atoms with Crippen LogP contribution in [0.15, 0.2) is 18.2 Å². The Hall–Kier alpha value is -0.780. The van der Waals surface area contributed by atoms with Gasteiger partial charge in [0, 0.05) is 5.02 Å². The second kappa shape index (κ2) is 4.48. The predicted molar refractivity (Wildman–Crippen MR) is 65.3 cm³/mol. The molecule has 0 aliphatic carbocycles. The molecule has 0 amide bonds. The van der Waals surface area contributed by atoms with E-state index < -0.39 is 22.0 Å². The fraction of sp³-hybridized carbons (Fsp3) is 0.455. The first-order valence-electron chi connectivity index (χ1n) is 5.19. The van der Waals surface area contributed by atoms with Gasteiger partial charge in [0.1, 0.15) is 18.0 Å². The highest BCUT2D eigenvalue weighted by atomic mass is 35.5. The molecule has 1 aliphatic heterocycles. The van der Waals surface area contributed by atoms with E-state index in [1.165, 1.54) is 0 Å². The number of hydrogen-bond donors (Lipinski definition) is 1. The Balaban J connectivity index is 2.14. The van der Waals surface area contributed by atoms with Gasteiger partial charge in [-0.15, -0.1) is 0 Å². The molecule has 0 saturated carbocycles. The Morgan fingerprint density at radius 1 is 1.41 bits per heavy atom. The summed E-state index contributed by atoms with van der Waals surface area (Å²) in [7, 11) is -3.18. The van der Waals surface area contributed by atoms with Gasteiger partial charge in [-0.1, -0.05) is 11.6 Å². The summed E-state index contributed by atoms with van der Waals surface area (Å²) in [6.45, 7) is 1.83. The van der Waals surface area contributed by atoms with E-state index in [9.17, 15) is 13.5 Å². The molecule has 2 rings (SSSR count). The molecule has 1 saturated heterocycles. The van der Waals surface area contributed by atoms with Gasteiger partial charge in [-0.25, -0.2) is 8.42 Å². The van der Waals surface area contributed by atoms with Crippen LogP contribution >= 0.6 is 11.6 Å². The van der Waals surface area contributed by atoms with Gasteiger partial charge >= 0.3 is 0 Å². The summed E-state index contributed by atoms with van der Waals surface area (Å²) in [6, 6.07) is 5.06. The number of benzene rings is 1. The number of aliphatic hydroxyl groups excluding tert-OH is 1. The first kappa shape index (κ1) is 12.7. The lowest BCUT2D eigenvalue weighted by Gasteiger charge is -2.16. The Morgan fingerprint density at radius 2 is 2.12 bits per heavy atom. The van der Waals surface area contributed by atoms with Crippen LogP contribution in [0.2, 0.25) is 5.02 Å². The van der Waals surface area contributed by atoms with Crippen molar-refractivity contribution in [3.05, 3.63) is 28.8 Å². The molecule has 1 fully saturated rings. The van der Waals surface area contributed by atoms with Gasteiger partial charge in [0.15, 0.2) is 9.84 Å². The monoisotopic (exact) mass is 276 g/mol. The second-order valence-corrected chi connectivity index (χ2v) is 6.77. The minimum atomic E-state index is -3.18. The summed E-state index contributed by atoms with van der Waals surface area (Å²) in [4.78, 5) is 0. The number of rotatable bonds is 2. The van der Waals surface area contributed by atoms with Crippen molar-refractivity contribution in [1.29, 1.82) is 0 Å². The fourth-order valence-corrected chi connectivity index (χ4v) is 3.55. The lowest BCUT2D eigenvalue weighted by Crippen LogP contribution is -2.29. The van der Waals surface area contributed by atoms with Crippen LogP contribution in [-0.4, -0.2) is 37.2 Å². The van der Waals surface area contributed by atoms with Crippen molar-refractivity contribution in [2.24, 2.45) is 0 Å². The van der Waals surface area contributed by atoms with Gasteiger partial charge in [0.25, 0.3) is 0 Å². The number of halogens is 1. The van der Waals surface area contributed by atoms with E-state index in [0.717, 1.165) is 5.56 Å². The van der Waals surface area contributed by atoms with Crippen LogP contribution in [0.1, 0.15) is 5.56 Å². The van der Waals surface area contributed by atoms with Crippen molar-refractivity contribution in [3.63, 3.8) is 0 Å². The highest BCUT2D eigenvalue weighted by Crippen LogP contribution is 2.24. The maximum absolute atomic E-state index is 11.3. The molecule has 0 aromatic heterocycles. The van der Waals surface area contributed by atoms with Gasteiger partial charge in [-0.05, 0) is 30.7 Å². The molecule has 0 bridgehead atoms. The van der Waals surface area contributed by atoms with Gasteiger partial charge in [0.05, 0.1) is 11.5 Å². The Bertz CT molecular complexity index is 526. The maximum Gasteiger partial charge on any atom is 0.156 e. The number of ether oxygens (including phenoxy) is 1. The molecule has 6 heteroatoms. The van der Waals surface area contributed by atoms with Crippen LogP contribution in [0, 0.1) is 6.92 Å². The minimum absolute atomic E-state index is 0.143. The van der Waals surface area contributed by atoms with Gasteiger partial charge < -0.3 is 9.84 Å². The van der Waals surface area contributed by atoms with Crippen LogP contribution in [0.5, 0.6) is 5.75 Å². The topological polar surface area (TPSA) is 63.6 Å². The maximum atomic E-state index is 11.3. The SMILES string of the molecule is Cc1cc(OC2CS(=O)(=O)CC2O)ccc1Cl. The largest absolute Gasteiger partial charge is 0.487 e. The van der Waals surface area contributed by atoms with Crippen molar-refractivity contribution in [2.45, 2.75) is 19.1 Å². The van der Waals surface area contributed by atoms with E-state index >= 15 is 0 Å². The fourth-order valence-electron chi connectivity index (χ4n) is 1.77. The summed E-state index contributed by atoms with van der Waals surface area (Å²) < 4.78 is 28.1. The van der Waals surface area contributed by atoms with Crippen LogP contribution in [0.3, 0.4) is 0 Å². The molecule has 1 N–H and O–H groups in total. The molecule has 2 unspecified atom stereocenters. The number of sulfone groups is 1. The predicted octanol–water partition coefficient (Wildman–Crippen LogP) is 1.19. The normalized spacial score (nSPS) is 27.0. The average molecular weight is 277 g/mol. The Labute approximate surface area is 105 Å². The number of aliphatic hydroxyl groups is 1. The molecule has 17 heavy (non-hydrogen) atoms. The first-order chi connectivity index (χ1) is 7.87. The van der Waals surface area contributed by atoms with Crippen LogP contribution in [0.25, 0.3) is 0 Å². The molecule has 0 radical (unpaired) electrons. The third-order valence-corrected chi connectivity index (χ3v) is 4.80. The summed E-state index contributed by atoms with van der Waals surface area (Å²) >= 11 is 5.87. The zero-order valence-electron chi connectivity index (χ0n) is 9.26. The van der Waals surface area contributed by atoms with Gasteiger partial charge in [-0.3, -0.25) is 0 Å². The lowest BCUT2D eigenvalue weighted by atomic mass is 10.2. The summed E-state index contributed by atoms with van der Waals surface area (Å²) in [5.41, 5.74) is 0.847. The number of aryl methyl sites for hydroxylation is 1. The molecule has 1 aliphatic rings. The van der Waals surface area contributed by atoms with Crippen molar-refractivity contribution in [2.75, 3.05) is 11.5 Å². The second-order valence-electron chi connectivity index (χ2n) is 4.21. The standard InChI is InChI=1S/C11H13ClO4S/c1-7-4-8(2-3-9(7)12)16-11-6-17(14,15)5-10(11)13/h2-4,10-11,13H,5-6H2,1H3. The molecule has 1 aromatic rings. The smallest absolute Gasteiger partial charge is 0.156 e. The zero-order valence-corrected chi connectivity index (χ0v) is 10.8. The van der Waals surface area contributed by atoms with Gasteiger partial charge in [0.2, 0.25) is 0 Å². The van der Waals surface area contributed by atoms with E-state index in [4.69, 9.17) is 16.3 Å². The van der Waals surface area contributed by atoms with Crippen molar-refractivity contribution in [3.8, 4) is 5.75 Å². The average Bonchev–Trinajstić information content (AvgIpc) is 2.46. The first-order valence-corrected chi connectivity index (χ1v) is 7.38. The quantitative estimate of drug-likeness (QED) is 0.881. The van der Waals surface area contributed by atoms with Crippen LogP contribution in [0.4, 0.5) is 0 Å². The van der Waals surface area contributed by atoms with E-state index in [2.05, 4.69) is 0 Å². The lowest BCUT2D eigenvalue weighted by molar-refractivity contribution is 0.0738. The van der Waals surface area contributed by atoms with E-state index in [0.29, 0.717) is 10.8 Å². The van der Waals surface area contributed by atoms with Crippen molar-refractivity contribution >= 4 is 21.4 Å². The molecule has 2 atom stereocenters. The van der Waals surface area contributed by atoms with E-state index in [-0.39, 0.29) is 11.5 Å². The summed E-state index contributed by atoms with van der Waals surface area (Å²) in [5.74, 6) is 0.146. The molecule has 1 heterocycles. The van der Waals surface area contributed by atoms with E-state index in [1.54, 1.807) is 18.2 Å². The third-order valence-electron chi connectivity index (χ3n) is 2.69. The highest BCUT2D eigenvalue weighted by Gasteiger charge is 2.38. The molecule has 1 aromatic carbocycles. The molecule has 4 nitrogen and oxygen atoms in total. The number of hydrogen-bond acceptors (Lipinski definition) is 4. The molecular weight excluding hydrogens is 264 g/mol. The van der Waals surface area contributed by atoms with Crippen molar-refractivity contribution < 1.29 is 18.3 Å².